The van der Waals surface area contributed by atoms with Crippen LogP contribution in [0.3, 0.4) is 0 Å². The van der Waals surface area contributed by atoms with Crippen LogP contribution in [0.2, 0.25) is 0 Å². The summed E-state index contributed by atoms with van der Waals surface area (Å²) in [7, 11) is 18.6. The summed E-state index contributed by atoms with van der Waals surface area (Å²) in [5, 5.41) is 18.3. The molecule has 4 aromatic rings. The summed E-state index contributed by atoms with van der Waals surface area (Å²) in [6.45, 7) is 40.3. The molecule has 0 fully saturated rings. The number of carbonyl (C=O) groups is 2. The van der Waals surface area contributed by atoms with Crippen molar-refractivity contribution in [3.63, 3.8) is 0 Å². The van der Waals surface area contributed by atoms with Crippen molar-refractivity contribution in [2.45, 2.75) is 177 Å². The third-order valence-electron chi connectivity index (χ3n) is 22.8. The average Bonchev–Trinajstić information content (AvgIpc) is 1.59. The standard InChI is InChI=1S/C45H62N4O2.C43H68N4O2/c1-11-48(7,8)35-27-29-36(30-28-35)49(9,10)33-19-32-46-39-23-15-14-21-37(39)44(3,4)40(46)24-18-25-41-45(5,6)38-22-17-20-34(2)43(38)47(41)31-16-12-13-26-42(50)51;1-12-14-16-24-36-34-44(29-21-31-47(10,11)33-22-32-46(8,9)13-2)38(42(36,4)5)26-20-27-39-43(6,7)37-25-19-23-35(3)41(37)45(39)30-18-15-17-28-40(48)49/h14-15,17-18,20-25,27-30H,11-13,16,19,26,31-33H2,1-10H3;12,14,16,19-20,23-27,34H,13,15,17-18,21-22,28-33H2,1-11H3/q2*+2/p+2/b;14-12-,24-16-. The Morgan fingerprint density at radius 1 is 0.480 bits per heavy atom. The Bertz CT molecular complexity index is 3800. The van der Waals surface area contributed by atoms with E-state index < -0.39 is 11.9 Å². The van der Waals surface area contributed by atoms with Crippen LogP contribution in [0, 0.1) is 19.3 Å². The number of benzene rings is 4. The van der Waals surface area contributed by atoms with Crippen LogP contribution in [0.25, 0.3) is 0 Å². The molecule has 0 spiro atoms. The Balaban J connectivity index is 0.000000281. The van der Waals surface area contributed by atoms with Crippen molar-refractivity contribution in [2.75, 3.05) is 132 Å². The van der Waals surface area contributed by atoms with E-state index in [2.05, 4.69) is 317 Å². The molecule has 4 aromatic carbocycles. The number of hydrogen-bond donors (Lipinski definition) is 2. The van der Waals surface area contributed by atoms with E-state index in [-0.39, 0.29) is 34.5 Å². The molecule has 12 nitrogen and oxygen atoms in total. The van der Waals surface area contributed by atoms with Gasteiger partial charge in [0, 0.05) is 132 Å². The zero-order valence-corrected chi connectivity index (χ0v) is 66.1. The lowest BCUT2D eigenvalue weighted by Gasteiger charge is -2.32. The Hall–Kier alpha value is -7.22. The van der Waals surface area contributed by atoms with Gasteiger partial charge in [0.15, 0.2) is 24.2 Å². The quantitative estimate of drug-likeness (QED) is 0.0210. The number of allylic oxidation sites excluding steroid dienone is 13. The number of anilines is 2. The van der Waals surface area contributed by atoms with Crippen LogP contribution in [0.4, 0.5) is 28.4 Å². The summed E-state index contributed by atoms with van der Waals surface area (Å²) in [4.78, 5) is 27.3. The van der Waals surface area contributed by atoms with Gasteiger partial charge in [-0.2, -0.15) is 4.58 Å². The minimum Gasteiger partial charge on any atom is -0.481 e. The van der Waals surface area contributed by atoms with Crippen LogP contribution < -0.4 is 18.8 Å². The molecule has 0 amide bonds. The van der Waals surface area contributed by atoms with Gasteiger partial charge in [0.1, 0.15) is 17.9 Å². The van der Waals surface area contributed by atoms with Crippen molar-refractivity contribution < 1.29 is 37.9 Å². The number of aliphatic carboxylic acids is 2. The summed E-state index contributed by atoms with van der Waals surface area (Å²) in [6, 6.07) is 31.5. The van der Waals surface area contributed by atoms with Gasteiger partial charge in [-0.3, -0.25) is 18.6 Å². The zero-order chi connectivity index (χ0) is 73.7. The maximum atomic E-state index is 11.1. The fraction of sp³-hybridized carbons (Fsp3) is 0.523. The first kappa shape index (κ1) is 80.1. The highest BCUT2D eigenvalue weighted by Crippen LogP contribution is 2.51. The first-order chi connectivity index (χ1) is 47.0. The molecule has 2 N–H and O–H groups in total. The Morgan fingerprint density at radius 3 is 1.64 bits per heavy atom. The Morgan fingerprint density at radius 2 is 1.02 bits per heavy atom. The summed E-state index contributed by atoms with van der Waals surface area (Å²) >= 11 is 0. The molecule has 4 heterocycles. The molecule has 0 unspecified atom stereocenters. The number of aryl methyl sites for hydroxylation is 2. The van der Waals surface area contributed by atoms with Crippen molar-refractivity contribution in [1.82, 2.24) is 8.97 Å². The number of carboxylic acids is 2. The first-order valence-corrected chi connectivity index (χ1v) is 37.8. The number of nitrogens with zero attached hydrogens (tertiary/aromatic N) is 8. The van der Waals surface area contributed by atoms with Gasteiger partial charge < -0.3 is 29.0 Å². The lowest BCUT2D eigenvalue weighted by molar-refractivity contribution is -0.909. The highest BCUT2D eigenvalue weighted by Gasteiger charge is 2.46. The second-order valence-corrected chi connectivity index (χ2v) is 33.4. The average molecular weight is 1370 g/mol. The van der Waals surface area contributed by atoms with Gasteiger partial charge in [-0.15, -0.1) is 0 Å². The monoisotopic (exact) mass is 1370 g/mol. The van der Waals surface area contributed by atoms with E-state index in [1.807, 2.05) is 0 Å². The van der Waals surface area contributed by atoms with Crippen molar-refractivity contribution in [3.05, 3.63) is 197 Å². The first-order valence-electron chi connectivity index (χ1n) is 37.8. The van der Waals surface area contributed by atoms with Crippen LogP contribution >= 0.6 is 0 Å². The minimum absolute atomic E-state index is 0.115. The number of carboxylic acid groups (broad SMARTS) is 2. The minimum atomic E-state index is -0.712. The summed E-state index contributed by atoms with van der Waals surface area (Å²) in [5.74, 6) is -1.42. The fourth-order valence-corrected chi connectivity index (χ4v) is 15.6. The van der Waals surface area contributed by atoms with E-state index in [0.717, 1.165) is 115 Å². The number of fused-ring (bicyclic) bond motifs is 3. The molecule has 0 saturated heterocycles. The summed E-state index contributed by atoms with van der Waals surface area (Å²) < 4.78 is 8.87. The van der Waals surface area contributed by atoms with Gasteiger partial charge in [0.05, 0.1) is 113 Å². The van der Waals surface area contributed by atoms with Crippen molar-refractivity contribution in [3.8, 4) is 0 Å². The highest BCUT2D eigenvalue weighted by atomic mass is 16.4. The maximum Gasteiger partial charge on any atom is 0.303 e. The molecular weight excluding hydrogens is 1230 g/mol. The lowest BCUT2D eigenvalue weighted by atomic mass is 9.80. The molecule has 0 bridgehead atoms. The molecule has 8 rings (SSSR count). The topological polar surface area (TPSA) is 87.1 Å². The molecule has 0 saturated carbocycles. The van der Waals surface area contributed by atoms with Gasteiger partial charge in [-0.25, -0.2) is 4.58 Å². The van der Waals surface area contributed by atoms with Gasteiger partial charge >= 0.3 is 11.9 Å². The lowest BCUT2D eigenvalue weighted by Crippen LogP contribution is -2.46. The van der Waals surface area contributed by atoms with Crippen LogP contribution in [0.15, 0.2) is 169 Å². The molecule has 542 valence electrons. The van der Waals surface area contributed by atoms with Crippen molar-refractivity contribution in [1.29, 1.82) is 0 Å². The normalized spacial score (nSPS) is 18.0. The second kappa shape index (κ2) is 33.7. The van der Waals surface area contributed by atoms with Gasteiger partial charge in [-0.05, 0) is 123 Å². The fourth-order valence-electron chi connectivity index (χ4n) is 15.6. The molecule has 12 heteroatoms. The largest absolute Gasteiger partial charge is 0.481 e. The van der Waals surface area contributed by atoms with Gasteiger partial charge in [-0.1, -0.05) is 125 Å². The molecule has 4 aliphatic rings. The zero-order valence-electron chi connectivity index (χ0n) is 66.1. The van der Waals surface area contributed by atoms with Gasteiger partial charge in [0.2, 0.25) is 5.69 Å². The maximum absolute atomic E-state index is 11.1. The van der Waals surface area contributed by atoms with Crippen molar-refractivity contribution in [2.24, 2.45) is 5.41 Å². The van der Waals surface area contributed by atoms with Crippen LogP contribution in [-0.4, -0.2) is 174 Å². The number of hydrogen-bond acceptors (Lipinski definition) is 4. The predicted octanol–water partition coefficient (Wildman–Crippen LogP) is 18.1. The van der Waals surface area contributed by atoms with E-state index in [9.17, 15) is 9.59 Å². The SMILES string of the molecule is C/C=C\C=C/C1=C[N+](CCC[N+](C)(C)CCC[N+](C)(C)CC)=C(/C=C/C=C2/N(CCCCCC(=O)O)c3c(C)cccc3C2(C)C)C1(C)C.CC[N+](C)(C)c1ccc([N+](C)(C)CCCN2C(=CC=CC3=[N+](CCCCCC(=O)O)c4c(C)cccc4C3(C)C)C(C)(C)c3ccccc32)cc1. The molecule has 0 radical (unpaired) electrons. The molecule has 0 aromatic heterocycles. The second-order valence-electron chi connectivity index (χ2n) is 33.4. The molecule has 4 aliphatic heterocycles. The smallest absolute Gasteiger partial charge is 0.303 e. The third-order valence-corrected chi connectivity index (χ3v) is 22.8. The van der Waals surface area contributed by atoms with E-state index in [1.54, 1.807) is 0 Å². The van der Waals surface area contributed by atoms with Crippen LogP contribution in [0.1, 0.15) is 175 Å². The van der Waals surface area contributed by atoms with Crippen LogP contribution in [-0.2, 0) is 25.8 Å². The molecule has 0 atom stereocenters. The van der Waals surface area contributed by atoms with E-state index in [0.29, 0.717) is 0 Å². The highest BCUT2D eigenvalue weighted by molar-refractivity contribution is 6.03. The van der Waals surface area contributed by atoms with Crippen molar-refractivity contribution >= 4 is 51.8 Å². The number of rotatable bonds is 34. The Labute approximate surface area is 606 Å². The van der Waals surface area contributed by atoms with E-state index in [1.165, 1.54) is 111 Å². The summed E-state index contributed by atoms with van der Waals surface area (Å²) in [5.41, 5.74) is 19.4. The number of unbranched alkanes of at least 4 members (excludes halogenated alkanes) is 4. The Kier molecular flexibility index (Phi) is 27.0. The molecule has 0 aliphatic carbocycles. The van der Waals surface area contributed by atoms with E-state index >= 15 is 0 Å². The predicted molar refractivity (Wildman–Crippen MR) is 427 cm³/mol. The molecule has 100 heavy (non-hydrogen) atoms. The number of quaternary nitrogens is 4. The molecular formula is C88H132N8O4+6. The van der Waals surface area contributed by atoms with Crippen LogP contribution in [0.5, 0.6) is 0 Å². The third kappa shape index (κ3) is 19.3. The van der Waals surface area contributed by atoms with E-state index in [4.69, 9.17) is 10.2 Å². The number of para-hydroxylation sites is 3. The van der Waals surface area contributed by atoms with Gasteiger partial charge in [0.25, 0.3) is 0 Å². The summed E-state index contributed by atoms with van der Waals surface area (Å²) in [6.07, 6.45) is 34.0.